The zero-order valence-electron chi connectivity index (χ0n) is 22.3. The first-order valence-corrected chi connectivity index (χ1v) is 12.8. The maximum Gasteiger partial charge on any atom is 0.335 e. The predicted octanol–water partition coefficient (Wildman–Crippen LogP) is 6.34. The number of fused-ring (bicyclic) bond motifs is 1. The lowest BCUT2D eigenvalue weighted by Crippen LogP contribution is -2.10. The van der Waals surface area contributed by atoms with Crippen molar-refractivity contribution >= 4 is 17.0 Å². The summed E-state index contributed by atoms with van der Waals surface area (Å²) in [6.07, 6.45) is -0.0303. The number of nitrogens with zero attached hydrogens (tertiary/aromatic N) is 3. The lowest BCUT2D eigenvalue weighted by atomic mass is 10.0. The van der Waals surface area contributed by atoms with E-state index < -0.39 is 17.6 Å². The molecule has 41 heavy (non-hydrogen) atoms. The van der Waals surface area contributed by atoms with Crippen LogP contribution < -0.4 is 4.74 Å². The number of aromatic carboxylic acids is 1. The van der Waals surface area contributed by atoms with Crippen molar-refractivity contribution in [3.8, 4) is 17.1 Å². The van der Waals surface area contributed by atoms with E-state index in [9.17, 15) is 14.3 Å². The molecule has 0 saturated heterocycles. The molecule has 0 amide bonds. The molecule has 7 nitrogen and oxygen atoms in total. The highest BCUT2D eigenvalue weighted by atomic mass is 19.1. The second kappa shape index (κ2) is 11.8. The smallest absolute Gasteiger partial charge is 0.335 e. The molecule has 5 rings (SSSR count). The van der Waals surface area contributed by atoms with Gasteiger partial charge in [0, 0.05) is 31.7 Å². The summed E-state index contributed by atoms with van der Waals surface area (Å²) in [5.41, 5.74) is 2.93. The van der Waals surface area contributed by atoms with Crippen molar-refractivity contribution < 1.29 is 32.5 Å². The molecule has 10 heteroatoms. The summed E-state index contributed by atoms with van der Waals surface area (Å²) < 4.78 is 56.8. The van der Waals surface area contributed by atoms with Crippen molar-refractivity contribution in [1.29, 1.82) is 0 Å². The van der Waals surface area contributed by atoms with Gasteiger partial charge < -0.3 is 19.1 Å². The van der Waals surface area contributed by atoms with Gasteiger partial charge in [-0.1, -0.05) is 12.1 Å². The van der Waals surface area contributed by atoms with Crippen molar-refractivity contribution in [1.82, 2.24) is 14.5 Å². The van der Waals surface area contributed by atoms with Crippen molar-refractivity contribution in [2.24, 2.45) is 0 Å². The molecule has 5 aromatic rings. The normalized spacial score (nSPS) is 11.2. The van der Waals surface area contributed by atoms with Crippen molar-refractivity contribution in [2.75, 3.05) is 13.7 Å². The first-order chi connectivity index (χ1) is 19.7. The number of hydrogen-bond acceptors (Lipinski definition) is 5. The molecular weight excluding hydrogens is 535 g/mol. The van der Waals surface area contributed by atoms with Crippen LogP contribution in [0.3, 0.4) is 0 Å². The molecule has 3 aromatic carbocycles. The van der Waals surface area contributed by atoms with Gasteiger partial charge >= 0.3 is 5.97 Å². The highest BCUT2D eigenvalue weighted by Crippen LogP contribution is 2.28. The molecule has 0 fully saturated rings. The maximum atomic E-state index is 15.4. The fourth-order valence-corrected chi connectivity index (χ4v) is 4.58. The summed E-state index contributed by atoms with van der Waals surface area (Å²) in [7, 11) is 1.53. The fourth-order valence-electron chi connectivity index (χ4n) is 4.58. The van der Waals surface area contributed by atoms with Gasteiger partial charge in [0.1, 0.15) is 29.9 Å². The Morgan fingerprint density at radius 1 is 0.951 bits per heavy atom. The van der Waals surface area contributed by atoms with E-state index in [-0.39, 0.29) is 47.1 Å². The largest absolute Gasteiger partial charge is 0.478 e. The minimum Gasteiger partial charge on any atom is -0.478 e. The van der Waals surface area contributed by atoms with E-state index >= 15 is 8.78 Å². The zero-order chi connectivity index (χ0) is 29.1. The summed E-state index contributed by atoms with van der Waals surface area (Å²) in [6.45, 7) is 2.57. The third kappa shape index (κ3) is 6.07. The van der Waals surface area contributed by atoms with E-state index in [4.69, 9.17) is 9.47 Å². The number of carbonyl (C=O) groups is 1. The van der Waals surface area contributed by atoms with Gasteiger partial charge in [-0.2, -0.15) is 0 Å². The van der Waals surface area contributed by atoms with E-state index in [1.807, 2.05) is 0 Å². The van der Waals surface area contributed by atoms with E-state index in [0.29, 0.717) is 30.0 Å². The van der Waals surface area contributed by atoms with Gasteiger partial charge in [0.15, 0.2) is 0 Å². The number of halogens is 3. The van der Waals surface area contributed by atoms with Crippen LogP contribution in [0.1, 0.15) is 32.9 Å². The Bertz CT molecular complexity index is 1750. The van der Waals surface area contributed by atoms with Crippen molar-refractivity contribution in [2.45, 2.75) is 26.5 Å². The average Bonchev–Trinajstić information content (AvgIpc) is 3.29. The average molecular weight is 562 g/mol. The molecule has 0 aliphatic heterocycles. The standard InChI is InChI=1S/C31H26F3N3O4/c1-18-12-22(32)8-6-20(18)17-41-30-5-3-4-26(36-30)23-16-24(33)21(13-25(23)34)15-29-35-27-9-7-19(31(38)39)14-28(27)37(29)10-11-40-2/h3-9,12-14,16H,10-11,15,17H2,1-2H3,(H,38,39). The number of rotatable bonds is 10. The Balaban J connectivity index is 1.41. The van der Waals surface area contributed by atoms with E-state index in [0.717, 1.165) is 23.3 Å². The van der Waals surface area contributed by atoms with Gasteiger partial charge in [-0.3, -0.25) is 0 Å². The number of hydrogen-bond donors (Lipinski definition) is 1. The van der Waals surface area contributed by atoms with Gasteiger partial charge in [0.25, 0.3) is 0 Å². The second-order valence-corrected chi connectivity index (χ2v) is 9.50. The SMILES string of the molecule is COCCn1c(Cc2cc(F)c(-c3cccc(OCc4ccc(F)cc4C)n3)cc2F)nc2ccc(C(=O)O)cc21. The number of aromatic nitrogens is 3. The molecule has 0 radical (unpaired) electrons. The van der Waals surface area contributed by atoms with Crippen LogP contribution in [0.25, 0.3) is 22.3 Å². The number of carboxylic acid groups (broad SMARTS) is 1. The lowest BCUT2D eigenvalue weighted by Gasteiger charge is -2.12. The fraction of sp³-hybridized carbons (Fsp3) is 0.194. The number of imidazole rings is 1. The predicted molar refractivity (Wildman–Crippen MR) is 146 cm³/mol. The summed E-state index contributed by atoms with van der Waals surface area (Å²) in [5.74, 6) is -2.09. The molecule has 1 N–H and O–H groups in total. The summed E-state index contributed by atoms with van der Waals surface area (Å²) in [5, 5.41) is 9.39. The molecule has 0 aliphatic carbocycles. The van der Waals surface area contributed by atoms with Crippen molar-refractivity contribution in [3.05, 3.63) is 112 Å². The molecular formula is C31H26F3N3O4. The zero-order valence-corrected chi connectivity index (χ0v) is 22.3. The third-order valence-corrected chi connectivity index (χ3v) is 6.76. The van der Waals surface area contributed by atoms with Gasteiger partial charge in [0.05, 0.1) is 28.9 Å². The molecule has 2 heterocycles. The summed E-state index contributed by atoms with van der Waals surface area (Å²) >= 11 is 0. The van der Waals surface area contributed by atoms with Crippen LogP contribution >= 0.6 is 0 Å². The first-order valence-electron chi connectivity index (χ1n) is 12.8. The summed E-state index contributed by atoms with van der Waals surface area (Å²) in [6, 6.07) is 15.9. The molecule has 0 unspecified atom stereocenters. The Kier molecular flexibility index (Phi) is 8.02. The maximum absolute atomic E-state index is 15.4. The molecule has 0 saturated carbocycles. The second-order valence-electron chi connectivity index (χ2n) is 9.50. The summed E-state index contributed by atoms with van der Waals surface area (Å²) in [4.78, 5) is 20.4. The van der Waals surface area contributed by atoms with E-state index in [1.165, 1.54) is 31.4 Å². The molecule has 0 spiro atoms. The lowest BCUT2D eigenvalue weighted by molar-refractivity contribution is 0.0697. The Labute approximate surface area is 233 Å². The molecule has 0 aliphatic rings. The van der Waals surface area contributed by atoms with Crippen LogP contribution in [0.15, 0.2) is 66.7 Å². The van der Waals surface area contributed by atoms with E-state index in [2.05, 4.69) is 9.97 Å². The number of carboxylic acids is 1. The van der Waals surface area contributed by atoms with Crippen LogP contribution in [-0.2, 0) is 24.3 Å². The molecule has 2 aromatic heterocycles. The highest BCUT2D eigenvalue weighted by molar-refractivity contribution is 5.92. The quantitative estimate of drug-likeness (QED) is 0.214. The van der Waals surface area contributed by atoms with Gasteiger partial charge in [0.2, 0.25) is 5.88 Å². The van der Waals surface area contributed by atoms with E-state index in [1.54, 1.807) is 41.8 Å². The number of ether oxygens (including phenoxy) is 2. The van der Waals surface area contributed by atoms with Gasteiger partial charge in [-0.25, -0.2) is 27.9 Å². The van der Waals surface area contributed by atoms with Crippen LogP contribution in [-0.4, -0.2) is 39.3 Å². The number of methoxy groups -OCH3 is 1. The topological polar surface area (TPSA) is 86.5 Å². The monoisotopic (exact) mass is 561 g/mol. The van der Waals surface area contributed by atoms with Crippen LogP contribution in [0.2, 0.25) is 0 Å². The first kappa shape index (κ1) is 27.9. The number of benzene rings is 3. The Morgan fingerprint density at radius 2 is 1.78 bits per heavy atom. The van der Waals surface area contributed by atoms with Crippen LogP contribution in [0.5, 0.6) is 5.88 Å². The van der Waals surface area contributed by atoms with Crippen LogP contribution in [0.4, 0.5) is 13.2 Å². The minimum atomic E-state index is -1.08. The Morgan fingerprint density at radius 3 is 2.54 bits per heavy atom. The molecule has 0 bridgehead atoms. The van der Waals surface area contributed by atoms with Crippen LogP contribution in [0, 0.1) is 24.4 Å². The highest BCUT2D eigenvalue weighted by Gasteiger charge is 2.18. The van der Waals surface area contributed by atoms with Gasteiger partial charge in [-0.15, -0.1) is 0 Å². The Hall–Kier alpha value is -4.70. The third-order valence-electron chi connectivity index (χ3n) is 6.76. The molecule has 210 valence electrons. The van der Waals surface area contributed by atoms with Crippen molar-refractivity contribution in [3.63, 3.8) is 0 Å². The minimum absolute atomic E-state index is 0.0303. The number of aryl methyl sites for hydroxylation is 1. The molecule has 0 atom stereocenters. The van der Waals surface area contributed by atoms with Gasteiger partial charge in [-0.05, 0) is 72.1 Å². The number of pyridine rings is 1.